The first-order valence-electron chi connectivity index (χ1n) is 8.59. The molecule has 0 radical (unpaired) electrons. The van der Waals surface area contributed by atoms with Gasteiger partial charge in [0.1, 0.15) is 6.04 Å². The predicted octanol–water partition coefficient (Wildman–Crippen LogP) is 4.39. The Hall–Kier alpha value is -2.53. The van der Waals surface area contributed by atoms with Crippen molar-refractivity contribution >= 4 is 34.8 Å². The first kappa shape index (κ1) is 19.8. The molecule has 6 heteroatoms. The van der Waals surface area contributed by atoms with E-state index in [1.807, 2.05) is 24.3 Å². The molecule has 2 aromatic rings. The van der Waals surface area contributed by atoms with Crippen LogP contribution in [-0.4, -0.2) is 17.9 Å². The van der Waals surface area contributed by atoms with E-state index >= 15 is 0 Å². The van der Waals surface area contributed by atoms with Crippen LogP contribution in [0, 0.1) is 0 Å². The predicted molar refractivity (Wildman–Crippen MR) is 107 cm³/mol. The van der Waals surface area contributed by atoms with Crippen molar-refractivity contribution < 1.29 is 9.59 Å². The minimum Gasteiger partial charge on any atom is -0.374 e. The van der Waals surface area contributed by atoms with Crippen LogP contribution in [0.2, 0.25) is 5.02 Å². The van der Waals surface area contributed by atoms with Crippen molar-refractivity contribution in [3.8, 4) is 0 Å². The summed E-state index contributed by atoms with van der Waals surface area (Å²) < 4.78 is 0. The number of benzene rings is 2. The number of rotatable bonds is 7. The van der Waals surface area contributed by atoms with Gasteiger partial charge in [0.2, 0.25) is 11.8 Å². The topological polar surface area (TPSA) is 84.2 Å². The number of hydrogen-bond donors (Lipinski definition) is 3. The zero-order valence-corrected chi connectivity index (χ0v) is 15.9. The van der Waals surface area contributed by atoms with E-state index in [9.17, 15) is 9.59 Å². The van der Waals surface area contributed by atoms with E-state index < -0.39 is 11.9 Å². The van der Waals surface area contributed by atoms with Crippen LogP contribution in [0.15, 0.2) is 42.5 Å². The van der Waals surface area contributed by atoms with Crippen molar-refractivity contribution in [2.24, 2.45) is 5.73 Å². The number of carbonyl (C=O) groups excluding carboxylic acids is 2. The first-order valence-corrected chi connectivity index (χ1v) is 8.97. The average Bonchev–Trinajstić information content (AvgIpc) is 2.62. The molecule has 26 heavy (non-hydrogen) atoms. The Balaban J connectivity index is 2.12. The lowest BCUT2D eigenvalue weighted by Crippen LogP contribution is -2.32. The lowest BCUT2D eigenvalue weighted by Gasteiger charge is -2.19. The summed E-state index contributed by atoms with van der Waals surface area (Å²) in [6, 6.07) is 12.1. The molecule has 5 nitrogen and oxygen atoms in total. The molecular formula is C20H24ClN3O2. The molecule has 0 saturated heterocycles. The molecule has 4 N–H and O–H groups in total. The molecule has 0 heterocycles. The van der Waals surface area contributed by atoms with Gasteiger partial charge in [-0.25, -0.2) is 0 Å². The third-order valence-electron chi connectivity index (χ3n) is 4.37. The summed E-state index contributed by atoms with van der Waals surface area (Å²) in [5.41, 5.74) is 8.04. The lowest BCUT2D eigenvalue weighted by atomic mass is 9.97. The van der Waals surface area contributed by atoms with Crippen molar-refractivity contribution in [2.75, 3.05) is 10.6 Å². The summed E-state index contributed by atoms with van der Waals surface area (Å²) >= 11 is 5.95. The van der Waals surface area contributed by atoms with Gasteiger partial charge in [-0.15, -0.1) is 0 Å². The molecule has 0 aliphatic rings. The Bertz CT molecular complexity index is 807. The van der Waals surface area contributed by atoms with E-state index in [-0.39, 0.29) is 16.5 Å². The number of halogens is 1. The number of anilines is 2. The van der Waals surface area contributed by atoms with E-state index in [1.165, 1.54) is 0 Å². The Morgan fingerprint density at radius 3 is 2.50 bits per heavy atom. The van der Waals surface area contributed by atoms with Crippen LogP contribution in [0.25, 0.3) is 0 Å². The SMILES string of the molecule is CC[C@H](C)c1ccccc1NC(=O)[C@@H](C)Nc1ccc(Cl)c(C(N)=O)c1. The van der Waals surface area contributed by atoms with Gasteiger partial charge in [-0.3, -0.25) is 9.59 Å². The third-order valence-corrected chi connectivity index (χ3v) is 4.70. The third kappa shape index (κ3) is 4.76. The number of hydrogen-bond acceptors (Lipinski definition) is 3. The highest BCUT2D eigenvalue weighted by molar-refractivity contribution is 6.33. The fourth-order valence-corrected chi connectivity index (χ4v) is 2.83. The van der Waals surface area contributed by atoms with Gasteiger partial charge < -0.3 is 16.4 Å². The minimum absolute atomic E-state index is 0.170. The van der Waals surface area contributed by atoms with Gasteiger partial charge in [0.05, 0.1) is 10.6 Å². The summed E-state index contributed by atoms with van der Waals surface area (Å²) in [5.74, 6) is -0.432. The number of nitrogens with two attached hydrogens (primary N) is 1. The van der Waals surface area contributed by atoms with E-state index in [0.717, 1.165) is 17.7 Å². The summed E-state index contributed by atoms with van der Waals surface area (Å²) in [4.78, 5) is 24.0. The highest BCUT2D eigenvalue weighted by Gasteiger charge is 2.17. The van der Waals surface area contributed by atoms with E-state index in [2.05, 4.69) is 24.5 Å². The number of carbonyl (C=O) groups is 2. The number of amides is 2. The van der Waals surface area contributed by atoms with Gasteiger partial charge in [-0.2, -0.15) is 0 Å². The maximum Gasteiger partial charge on any atom is 0.250 e. The van der Waals surface area contributed by atoms with Gasteiger partial charge in [-0.05, 0) is 49.1 Å². The average molecular weight is 374 g/mol. The van der Waals surface area contributed by atoms with Gasteiger partial charge in [-0.1, -0.05) is 43.6 Å². The van der Waals surface area contributed by atoms with Crippen LogP contribution < -0.4 is 16.4 Å². The first-order chi connectivity index (χ1) is 12.3. The highest BCUT2D eigenvalue weighted by atomic mass is 35.5. The zero-order valence-electron chi connectivity index (χ0n) is 15.2. The normalized spacial score (nSPS) is 12.9. The van der Waals surface area contributed by atoms with Crippen LogP contribution in [0.3, 0.4) is 0 Å². The molecule has 138 valence electrons. The molecule has 0 fully saturated rings. The quantitative estimate of drug-likeness (QED) is 0.672. The van der Waals surface area contributed by atoms with Crippen molar-refractivity contribution in [1.29, 1.82) is 0 Å². The van der Waals surface area contributed by atoms with E-state index in [1.54, 1.807) is 25.1 Å². The van der Waals surface area contributed by atoms with Crippen LogP contribution in [0.4, 0.5) is 11.4 Å². The van der Waals surface area contributed by atoms with E-state index in [0.29, 0.717) is 11.6 Å². The van der Waals surface area contributed by atoms with Crippen molar-refractivity contribution in [3.05, 3.63) is 58.6 Å². The number of primary amides is 1. The summed E-state index contributed by atoms with van der Waals surface area (Å²) in [7, 11) is 0. The second-order valence-corrected chi connectivity index (χ2v) is 6.72. The smallest absolute Gasteiger partial charge is 0.250 e. The van der Waals surface area contributed by atoms with Gasteiger partial charge >= 0.3 is 0 Å². The molecule has 0 spiro atoms. The fraction of sp³-hybridized carbons (Fsp3) is 0.300. The largest absolute Gasteiger partial charge is 0.374 e. The molecule has 0 bridgehead atoms. The van der Waals surface area contributed by atoms with Crippen LogP contribution in [0.1, 0.15) is 49.0 Å². The molecule has 0 aromatic heterocycles. The highest BCUT2D eigenvalue weighted by Crippen LogP contribution is 2.27. The van der Waals surface area contributed by atoms with Crippen LogP contribution in [0.5, 0.6) is 0 Å². The molecule has 2 aromatic carbocycles. The van der Waals surface area contributed by atoms with Crippen molar-refractivity contribution in [2.45, 2.75) is 39.2 Å². The summed E-state index contributed by atoms with van der Waals surface area (Å²) in [6.45, 7) is 6.00. The second kappa shape index (κ2) is 8.72. The molecule has 2 atom stereocenters. The Morgan fingerprint density at radius 1 is 1.15 bits per heavy atom. The molecular weight excluding hydrogens is 350 g/mol. The van der Waals surface area contributed by atoms with Crippen LogP contribution >= 0.6 is 11.6 Å². The van der Waals surface area contributed by atoms with Crippen molar-refractivity contribution in [1.82, 2.24) is 0 Å². The van der Waals surface area contributed by atoms with Gasteiger partial charge in [0, 0.05) is 11.4 Å². The molecule has 0 saturated carbocycles. The monoisotopic (exact) mass is 373 g/mol. The maximum absolute atomic E-state index is 12.6. The molecule has 2 amide bonds. The molecule has 0 unspecified atom stereocenters. The Kier molecular flexibility index (Phi) is 6.64. The summed E-state index contributed by atoms with van der Waals surface area (Å²) in [5, 5.41) is 6.32. The number of nitrogens with one attached hydrogen (secondary N) is 2. The second-order valence-electron chi connectivity index (χ2n) is 6.31. The summed E-state index contributed by atoms with van der Waals surface area (Å²) in [6.07, 6.45) is 0.987. The van der Waals surface area contributed by atoms with Gasteiger partial charge in [0.25, 0.3) is 0 Å². The number of para-hydroxylation sites is 1. The van der Waals surface area contributed by atoms with Crippen molar-refractivity contribution in [3.63, 3.8) is 0 Å². The Labute approximate surface area is 158 Å². The van der Waals surface area contributed by atoms with Gasteiger partial charge in [0.15, 0.2) is 0 Å². The van der Waals surface area contributed by atoms with E-state index in [4.69, 9.17) is 17.3 Å². The maximum atomic E-state index is 12.6. The molecule has 2 rings (SSSR count). The Morgan fingerprint density at radius 2 is 1.85 bits per heavy atom. The molecule has 0 aliphatic heterocycles. The zero-order chi connectivity index (χ0) is 19.3. The minimum atomic E-state index is -0.613. The fourth-order valence-electron chi connectivity index (χ4n) is 2.62. The standard InChI is InChI=1S/C20H24ClN3O2/c1-4-12(2)15-7-5-6-8-18(15)24-20(26)13(3)23-14-9-10-17(21)16(11-14)19(22)25/h5-13,23H,4H2,1-3H3,(H2,22,25)(H,24,26)/t12-,13+/m0/s1. The molecule has 0 aliphatic carbocycles. The lowest BCUT2D eigenvalue weighted by molar-refractivity contribution is -0.116. The van der Waals surface area contributed by atoms with Crippen LogP contribution in [-0.2, 0) is 4.79 Å².